The first kappa shape index (κ1) is 14.8. The van der Waals surface area contributed by atoms with E-state index in [1.807, 2.05) is 6.92 Å². The first-order chi connectivity index (χ1) is 8.65. The molecule has 6 nitrogen and oxygen atoms in total. The lowest BCUT2D eigenvalue weighted by molar-refractivity contribution is -0.134. The molecule has 2 unspecified atom stereocenters. The van der Waals surface area contributed by atoms with Crippen LogP contribution in [-0.4, -0.2) is 46.1 Å². The van der Waals surface area contributed by atoms with E-state index in [0.717, 1.165) is 19.3 Å². The number of nitrogens with zero attached hydrogens (tertiary/aromatic N) is 2. The van der Waals surface area contributed by atoms with Crippen molar-refractivity contribution in [1.29, 1.82) is 0 Å². The van der Waals surface area contributed by atoms with E-state index in [1.165, 1.54) is 0 Å². The predicted molar refractivity (Wildman–Crippen MR) is 68.2 cm³/mol. The molecule has 2 atom stereocenters. The van der Waals surface area contributed by atoms with Gasteiger partial charge in [-0.2, -0.15) is 0 Å². The van der Waals surface area contributed by atoms with E-state index in [4.69, 9.17) is 16.0 Å². The number of carbonyl (C=O) groups excluding carboxylic acids is 1. The Hall–Kier alpha value is -1.30. The molecular weight excluding hydrogens is 234 g/mol. The minimum absolute atomic E-state index is 0.0171. The van der Waals surface area contributed by atoms with E-state index in [-0.39, 0.29) is 24.4 Å². The molecule has 1 saturated heterocycles. The fourth-order valence-corrected chi connectivity index (χ4v) is 2.53. The maximum atomic E-state index is 12.4. The van der Waals surface area contributed by atoms with Crippen molar-refractivity contribution in [1.82, 2.24) is 4.90 Å². The summed E-state index contributed by atoms with van der Waals surface area (Å²) in [6.45, 7) is 2.74. The molecule has 1 heterocycles. The number of amides is 1. The molecule has 4 N–H and O–H groups in total. The zero-order valence-corrected chi connectivity index (χ0v) is 10.9. The molecule has 0 aromatic heterocycles. The third kappa shape index (κ3) is 3.35. The summed E-state index contributed by atoms with van der Waals surface area (Å²) in [7, 11) is 0. The van der Waals surface area contributed by atoms with Gasteiger partial charge in [0.05, 0.1) is 5.92 Å². The molecule has 104 valence electrons. The molecule has 0 aromatic rings. The van der Waals surface area contributed by atoms with Crippen LogP contribution in [-0.2, 0) is 4.79 Å². The molecule has 0 aliphatic carbocycles. The summed E-state index contributed by atoms with van der Waals surface area (Å²) in [6, 6.07) is 0.0911. The number of oxime groups is 1. The second-order valence-corrected chi connectivity index (χ2v) is 4.71. The largest absolute Gasteiger partial charge is 0.409 e. The molecule has 1 aliphatic heterocycles. The first-order valence-corrected chi connectivity index (χ1v) is 6.54. The molecule has 0 radical (unpaired) electrons. The quantitative estimate of drug-likeness (QED) is 0.279. The number of rotatable bonds is 6. The third-order valence-corrected chi connectivity index (χ3v) is 3.47. The summed E-state index contributed by atoms with van der Waals surface area (Å²) in [5, 5.41) is 20.7. The Morgan fingerprint density at radius 2 is 2.33 bits per heavy atom. The summed E-state index contributed by atoms with van der Waals surface area (Å²) in [5.41, 5.74) is 5.59. The van der Waals surface area contributed by atoms with Gasteiger partial charge in [-0.25, -0.2) is 0 Å². The van der Waals surface area contributed by atoms with Gasteiger partial charge in [-0.05, 0) is 25.7 Å². The van der Waals surface area contributed by atoms with Crippen LogP contribution >= 0.6 is 0 Å². The molecule has 0 bridgehead atoms. The van der Waals surface area contributed by atoms with Crippen molar-refractivity contribution in [2.75, 3.05) is 13.2 Å². The fourth-order valence-electron chi connectivity index (χ4n) is 2.53. The van der Waals surface area contributed by atoms with Crippen LogP contribution in [0.25, 0.3) is 0 Å². The van der Waals surface area contributed by atoms with Gasteiger partial charge in [0.25, 0.3) is 0 Å². The zero-order chi connectivity index (χ0) is 13.5. The molecule has 1 fully saturated rings. The number of hydrogen-bond donors (Lipinski definition) is 3. The van der Waals surface area contributed by atoms with E-state index >= 15 is 0 Å². The summed E-state index contributed by atoms with van der Waals surface area (Å²) in [5.74, 6) is -0.640. The normalized spacial score (nSPS) is 22.2. The van der Waals surface area contributed by atoms with Gasteiger partial charge >= 0.3 is 0 Å². The highest BCUT2D eigenvalue weighted by molar-refractivity contribution is 6.02. The Labute approximate surface area is 107 Å². The van der Waals surface area contributed by atoms with Crippen molar-refractivity contribution < 1.29 is 15.1 Å². The van der Waals surface area contributed by atoms with E-state index in [2.05, 4.69) is 5.16 Å². The van der Waals surface area contributed by atoms with Crippen LogP contribution in [0.15, 0.2) is 5.16 Å². The summed E-state index contributed by atoms with van der Waals surface area (Å²) < 4.78 is 0. The maximum absolute atomic E-state index is 12.4. The van der Waals surface area contributed by atoms with Gasteiger partial charge < -0.3 is 20.9 Å². The number of aliphatic hydroxyl groups is 1. The number of carbonyl (C=O) groups is 1. The smallest absolute Gasteiger partial charge is 0.233 e. The highest BCUT2D eigenvalue weighted by atomic mass is 16.4. The number of aliphatic hydroxyl groups excluding tert-OH is 1. The monoisotopic (exact) mass is 257 g/mol. The average molecular weight is 257 g/mol. The van der Waals surface area contributed by atoms with Crippen LogP contribution in [0.3, 0.4) is 0 Å². The standard InChI is InChI=1S/C12H23N3O3/c1-2-4-10(11(13)14-18)12(17)15-7-3-5-9(15)6-8-16/h9-10,16,18H,2-8H2,1H3,(H2,13,14). The molecule has 0 aromatic carbocycles. The minimum atomic E-state index is -0.542. The molecule has 1 amide bonds. The topological polar surface area (TPSA) is 99.2 Å². The maximum Gasteiger partial charge on any atom is 0.233 e. The summed E-state index contributed by atoms with van der Waals surface area (Å²) >= 11 is 0. The van der Waals surface area contributed by atoms with Crippen LogP contribution in [0.4, 0.5) is 0 Å². The van der Waals surface area contributed by atoms with E-state index in [0.29, 0.717) is 19.4 Å². The van der Waals surface area contributed by atoms with Gasteiger partial charge in [-0.3, -0.25) is 4.79 Å². The zero-order valence-electron chi connectivity index (χ0n) is 10.9. The number of hydrogen-bond acceptors (Lipinski definition) is 4. The molecule has 1 aliphatic rings. The minimum Gasteiger partial charge on any atom is -0.409 e. The van der Waals surface area contributed by atoms with Crippen molar-refractivity contribution in [2.45, 2.75) is 45.1 Å². The number of amidine groups is 1. The van der Waals surface area contributed by atoms with Crippen molar-refractivity contribution in [3.63, 3.8) is 0 Å². The second kappa shape index (κ2) is 7.20. The highest BCUT2D eigenvalue weighted by Crippen LogP contribution is 2.23. The Bertz CT molecular complexity index is 307. The van der Waals surface area contributed by atoms with Gasteiger partial charge in [-0.1, -0.05) is 18.5 Å². The van der Waals surface area contributed by atoms with Gasteiger partial charge in [0.2, 0.25) is 5.91 Å². The summed E-state index contributed by atoms with van der Waals surface area (Å²) in [6.07, 6.45) is 3.84. The molecule has 18 heavy (non-hydrogen) atoms. The van der Waals surface area contributed by atoms with E-state index in [1.54, 1.807) is 4.90 Å². The Balaban J connectivity index is 2.75. The number of nitrogens with two attached hydrogens (primary N) is 1. The first-order valence-electron chi connectivity index (χ1n) is 6.54. The van der Waals surface area contributed by atoms with Crippen LogP contribution in [0.1, 0.15) is 39.0 Å². The van der Waals surface area contributed by atoms with Crippen LogP contribution in [0, 0.1) is 5.92 Å². The molecule has 0 saturated carbocycles. The van der Waals surface area contributed by atoms with Crippen LogP contribution in [0.5, 0.6) is 0 Å². The highest BCUT2D eigenvalue weighted by Gasteiger charge is 2.34. The fraction of sp³-hybridized carbons (Fsp3) is 0.833. The Morgan fingerprint density at radius 3 is 2.89 bits per heavy atom. The molecule has 0 spiro atoms. The Kier molecular flexibility index (Phi) is 5.91. The van der Waals surface area contributed by atoms with Gasteiger partial charge in [0.15, 0.2) is 5.84 Å². The second-order valence-electron chi connectivity index (χ2n) is 4.71. The number of likely N-dealkylation sites (tertiary alicyclic amines) is 1. The van der Waals surface area contributed by atoms with E-state index in [9.17, 15) is 4.79 Å². The van der Waals surface area contributed by atoms with Gasteiger partial charge in [0, 0.05) is 19.2 Å². The average Bonchev–Trinajstić information content (AvgIpc) is 2.83. The van der Waals surface area contributed by atoms with Crippen molar-refractivity contribution in [3.8, 4) is 0 Å². The van der Waals surface area contributed by atoms with Crippen molar-refractivity contribution >= 4 is 11.7 Å². The summed E-state index contributed by atoms with van der Waals surface area (Å²) in [4.78, 5) is 14.2. The van der Waals surface area contributed by atoms with Crippen molar-refractivity contribution in [3.05, 3.63) is 0 Å². The molecular formula is C12H23N3O3. The third-order valence-electron chi connectivity index (χ3n) is 3.47. The predicted octanol–water partition coefficient (Wildman–Crippen LogP) is 0.523. The van der Waals surface area contributed by atoms with E-state index < -0.39 is 5.92 Å². The van der Waals surface area contributed by atoms with Crippen LogP contribution in [0.2, 0.25) is 0 Å². The van der Waals surface area contributed by atoms with Crippen LogP contribution < -0.4 is 5.73 Å². The van der Waals surface area contributed by atoms with Gasteiger partial charge in [0.1, 0.15) is 0 Å². The van der Waals surface area contributed by atoms with Crippen molar-refractivity contribution in [2.24, 2.45) is 16.8 Å². The molecule has 1 rings (SSSR count). The Morgan fingerprint density at radius 1 is 1.61 bits per heavy atom. The molecule has 6 heteroatoms. The lowest BCUT2D eigenvalue weighted by Crippen LogP contribution is -2.44. The lowest BCUT2D eigenvalue weighted by atomic mass is 10.00. The lowest BCUT2D eigenvalue weighted by Gasteiger charge is -2.28. The SMILES string of the molecule is CCCC(C(=O)N1CCCC1CCO)C(N)=NO. The van der Waals surface area contributed by atoms with Gasteiger partial charge in [-0.15, -0.1) is 0 Å².